The third-order valence-corrected chi connectivity index (χ3v) is 3.59. The van der Waals surface area contributed by atoms with Crippen molar-refractivity contribution in [3.05, 3.63) is 39.1 Å². The van der Waals surface area contributed by atoms with Gasteiger partial charge >= 0.3 is 6.18 Å². The second-order valence-electron chi connectivity index (χ2n) is 3.40. The Balaban J connectivity index is 2.28. The van der Waals surface area contributed by atoms with Crippen molar-refractivity contribution in [2.45, 2.75) is 12.6 Å². The zero-order chi connectivity index (χ0) is 12.5. The molecule has 0 radical (unpaired) electrons. The van der Waals surface area contributed by atoms with Crippen molar-refractivity contribution in [3.8, 4) is 11.3 Å². The van der Waals surface area contributed by atoms with Gasteiger partial charge < -0.3 is 0 Å². The monoisotopic (exact) mass is 321 g/mol. The van der Waals surface area contributed by atoms with Gasteiger partial charge in [0.2, 0.25) is 0 Å². The molecular weight excluding hydrogens is 315 g/mol. The Labute approximate surface area is 108 Å². The lowest BCUT2D eigenvalue weighted by molar-refractivity contribution is -0.127. The molecule has 0 N–H and O–H groups in total. The van der Waals surface area contributed by atoms with E-state index in [0.29, 0.717) is 5.69 Å². The summed E-state index contributed by atoms with van der Waals surface area (Å²) in [6, 6.07) is 7.31. The number of hydrogen-bond acceptors (Lipinski definition) is 2. The summed E-state index contributed by atoms with van der Waals surface area (Å²) < 4.78 is 37.4. The summed E-state index contributed by atoms with van der Waals surface area (Å²) in [6.45, 7) is 0. The van der Waals surface area contributed by atoms with Crippen LogP contribution in [0, 0.1) is 0 Å². The van der Waals surface area contributed by atoms with Crippen LogP contribution in [0.15, 0.2) is 34.1 Å². The molecule has 0 bridgehead atoms. The van der Waals surface area contributed by atoms with E-state index in [-0.39, 0.29) is 5.01 Å². The van der Waals surface area contributed by atoms with Gasteiger partial charge in [0.25, 0.3) is 0 Å². The van der Waals surface area contributed by atoms with Crippen LogP contribution in [-0.4, -0.2) is 11.2 Å². The second-order valence-corrected chi connectivity index (χ2v) is 5.20. The Morgan fingerprint density at radius 3 is 2.59 bits per heavy atom. The average molecular weight is 322 g/mol. The van der Waals surface area contributed by atoms with Crippen molar-refractivity contribution in [3.63, 3.8) is 0 Å². The van der Waals surface area contributed by atoms with Gasteiger partial charge in [0.05, 0.1) is 12.1 Å². The van der Waals surface area contributed by atoms with Crippen molar-refractivity contribution >= 4 is 27.3 Å². The van der Waals surface area contributed by atoms with Crippen LogP contribution in [0.25, 0.3) is 11.3 Å². The summed E-state index contributed by atoms with van der Waals surface area (Å²) in [4.78, 5) is 4.00. The van der Waals surface area contributed by atoms with Crippen molar-refractivity contribution in [2.24, 2.45) is 0 Å². The van der Waals surface area contributed by atoms with Gasteiger partial charge in [-0.1, -0.05) is 34.1 Å². The summed E-state index contributed by atoms with van der Waals surface area (Å²) in [5.74, 6) is 0. The van der Waals surface area contributed by atoms with E-state index in [1.54, 1.807) is 5.38 Å². The first-order chi connectivity index (χ1) is 7.96. The van der Waals surface area contributed by atoms with Gasteiger partial charge in [-0.25, -0.2) is 4.98 Å². The maximum Gasteiger partial charge on any atom is 0.395 e. The zero-order valence-corrected chi connectivity index (χ0v) is 10.9. The van der Waals surface area contributed by atoms with Gasteiger partial charge in [-0.15, -0.1) is 11.3 Å². The standard InChI is InChI=1S/C11H7BrF3NS/c12-8-4-2-1-3-7(8)9-6-17-10(16-9)5-11(13,14)15/h1-4,6H,5H2. The minimum atomic E-state index is -4.21. The van der Waals surface area contributed by atoms with Crippen LogP contribution in [0.2, 0.25) is 0 Å². The average Bonchev–Trinajstić information content (AvgIpc) is 2.64. The van der Waals surface area contributed by atoms with Gasteiger partial charge in [-0.2, -0.15) is 13.2 Å². The molecule has 90 valence electrons. The number of halogens is 4. The van der Waals surface area contributed by atoms with E-state index in [0.717, 1.165) is 21.4 Å². The van der Waals surface area contributed by atoms with Crippen molar-refractivity contribution in [2.75, 3.05) is 0 Å². The van der Waals surface area contributed by atoms with Crippen molar-refractivity contribution < 1.29 is 13.2 Å². The van der Waals surface area contributed by atoms with E-state index in [1.807, 2.05) is 24.3 Å². The zero-order valence-electron chi connectivity index (χ0n) is 8.46. The maximum atomic E-state index is 12.2. The highest BCUT2D eigenvalue weighted by Crippen LogP contribution is 2.31. The number of hydrogen-bond donors (Lipinski definition) is 0. The van der Waals surface area contributed by atoms with Gasteiger partial charge in [-0.3, -0.25) is 0 Å². The predicted molar refractivity (Wildman–Crippen MR) is 65.0 cm³/mol. The molecule has 1 aromatic heterocycles. The highest BCUT2D eigenvalue weighted by molar-refractivity contribution is 9.10. The Bertz CT molecular complexity index is 521. The van der Waals surface area contributed by atoms with Crippen molar-refractivity contribution in [1.29, 1.82) is 0 Å². The molecule has 2 rings (SSSR count). The molecule has 0 amide bonds. The molecule has 0 atom stereocenters. The van der Waals surface area contributed by atoms with E-state index in [2.05, 4.69) is 20.9 Å². The van der Waals surface area contributed by atoms with E-state index < -0.39 is 12.6 Å². The SMILES string of the molecule is FC(F)(F)Cc1nc(-c2ccccc2Br)cs1. The Morgan fingerprint density at radius 2 is 1.94 bits per heavy atom. The van der Waals surface area contributed by atoms with Crippen LogP contribution in [0.5, 0.6) is 0 Å². The Morgan fingerprint density at radius 1 is 1.24 bits per heavy atom. The van der Waals surface area contributed by atoms with E-state index in [1.165, 1.54) is 0 Å². The normalized spacial score (nSPS) is 11.8. The van der Waals surface area contributed by atoms with Crippen LogP contribution >= 0.6 is 27.3 Å². The fourth-order valence-corrected chi connectivity index (χ4v) is 2.67. The molecule has 17 heavy (non-hydrogen) atoms. The highest BCUT2D eigenvalue weighted by atomic mass is 79.9. The van der Waals surface area contributed by atoms with Crippen molar-refractivity contribution in [1.82, 2.24) is 4.98 Å². The topological polar surface area (TPSA) is 12.9 Å². The third-order valence-electron chi connectivity index (χ3n) is 2.05. The minimum absolute atomic E-state index is 0.0863. The molecule has 2 aromatic rings. The molecule has 0 aliphatic rings. The van der Waals surface area contributed by atoms with E-state index in [4.69, 9.17) is 0 Å². The fourth-order valence-electron chi connectivity index (χ4n) is 1.36. The molecule has 0 saturated heterocycles. The molecule has 1 nitrogen and oxygen atoms in total. The first kappa shape index (κ1) is 12.6. The van der Waals surface area contributed by atoms with Crippen LogP contribution in [0.4, 0.5) is 13.2 Å². The smallest absolute Gasteiger partial charge is 0.241 e. The third kappa shape index (κ3) is 3.29. The van der Waals surface area contributed by atoms with E-state index >= 15 is 0 Å². The number of rotatable bonds is 2. The second kappa shape index (κ2) is 4.78. The van der Waals surface area contributed by atoms with Crippen LogP contribution in [0.3, 0.4) is 0 Å². The van der Waals surface area contributed by atoms with Gasteiger partial charge in [0.15, 0.2) is 0 Å². The molecule has 0 aliphatic carbocycles. The first-order valence-corrected chi connectivity index (χ1v) is 6.39. The highest BCUT2D eigenvalue weighted by Gasteiger charge is 2.29. The maximum absolute atomic E-state index is 12.2. The van der Waals surface area contributed by atoms with Crippen LogP contribution in [0.1, 0.15) is 5.01 Å². The molecule has 1 aromatic carbocycles. The Kier molecular flexibility index (Phi) is 3.53. The van der Waals surface area contributed by atoms with E-state index in [9.17, 15) is 13.2 Å². The Hall–Kier alpha value is -0.880. The molecule has 0 fully saturated rings. The summed E-state index contributed by atoms with van der Waals surface area (Å²) >= 11 is 4.37. The molecular formula is C11H7BrF3NS. The molecule has 1 heterocycles. The summed E-state index contributed by atoms with van der Waals surface area (Å²) in [5.41, 5.74) is 1.37. The molecule has 0 aliphatic heterocycles. The predicted octanol–water partition coefficient (Wildman–Crippen LogP) is 4.68. The van der Waals surface area contributed by atoms with Crippen LogP contribution < -0.4 is 0 Å². The van der Waals surface area contributed by atoms with Gasteiger partial charge in [-0.05, 0) is 6.07 Å². The summed E-state index contributed by atoms with van der Waals surface area (Å²) in [5, 5.41) is 1.73. The fraction of sp³-hybridized carbons (Fsp3) is 0.182. The number of thiazole rings is 1. The number of nitrogens with zero attached hydrogens (tertiary/aromatic N) is 1. The molecule has 6 heteroatoms. The molecule has 0 unspecified atom stereocenters. The lowest BCUT2D eigenvalue weighted by atomic mass is 10.2. The summed E-state index contributed by atoms with van der Waals surface area (Å²) in [6.07, 6.45) is -5.18. The number of benzene rings is 1. The first-order valence-electron chi connectivity index (χ1n) is 4.72. The largest absolute Gasteiger partial charge is 0.395 e. The minimum Gasteiger partial charge on any atom is -0.241 e. The number of alkyl halides is 3. The van der Waals surface area contributed by atoms with Crippen LogP contribution in [-0.2, 0) is 6.42 Å². The molecule has 0 spiro atoms. The lowest BCUT2D eigenvalue weighted by Gasteiger charge is -2.02. The quantitative estimate of drug-likeness (QED) is 0.782. The van der Waals surface area contributed by atoms with Gasteiger partial charge in [0, 0.05) is 15.4 Å². The lowest BCUT2D eigenvalue weighted by Crippen LogP contribution is -2.11. The number of aromatic nitrogens is 1. The molecule has 0 saturated carbocycles. The summed E-state index contributed by atoms with van der Waals surface area (Å²) in [7, 11) is 0. The van der Waals surface area contributed by atoms with Gasteiger partial charge in [0.1, 0.15) is 5.01 Å².